The highest BCUT2D eigenvalue weighted by Gasteiger charge is 2.25. The summed E-state index contributed by atoms with van der Waals surface area (Å²) in [4.78, 5) is 26.8. The monoisotopic (exact) mass is 239 g/mol. The molecule has 1 N–H and O–H groups in total. The second kappa shape index (κ2) is 6.39. The van der Waals surface area contributed by atoms with Crippen LogP contribution < -0.4 is 5.32 Å². The van der Waals surface area contributed by atoms with Gasteiger partial charge in [0, 0.05) is 39.6 Å². The molecule has 0 aromatic heterocycles. The largest absolute Gasteiger partial charge is 0.351 e. The van der Waals surface area contributed by atoms with E-state index in [2.05, 4.69) is 16.8 Å². The van der Waals surface area contributed by atoms with Crippen molar-refractivity contribution in [2.45, 2.75) is 19.9 Å². The van der Waals surface area contributed by atoms with Crippen molar-refractivity contribution in [3.8, 4) is 0 Å². The van der Waals surface area contributed by atoms with Gasteiger partial charge in [0.1, 0.15) is 0 Å². The average molecular weight is 239 g/mol. The second-order valence-corrected chi connectivity index (χ2v) is 4.25. The number of amides is 2. The number of carbonyl (C=O) groups is 2. The van der Waals surface area contributed by atoms with E-state index in [1.165, 1.54) is 0 Å². The fourth-order valence-corrected chi connectivity index (χ4v) is 1.91. The van der Waals surface area contributed by atoms with Gasteiger partial charge in [0.2, 0.25) is 11.8 Å². The Balaban J connectivity index is 2.39. The fraction of sp³-hybridized carbons (Fsp3) is 0.667. The molecule has 5 heteroatoms. The maximum atomic E-state index is 11.7. The zero-order chi connectivity index (χ0) is 12.8. The molecule has 1 aliphatic heterocycles. The van der Waals surface area contributed by atoms with Crippen LogP contribution in [-0.4, -0.2) is 60.4 Å². The van der Waals surface area contributed by atoms with Gasteiger partial charge >= 0.3 is 0 Å². The van der Waals surface area contributed by atoms with Gasteiger partial charge in [0.05, 0.1) is 6.04 Å². The molecule has 0 aromatic carbocycles. The van der Waals surface area contributed by atoms with E-state index in [1.807, 2.05) is 11.8 Å². The molecular weight excluding hydrogens is 218 g/mol. The molecule has 1 saturated heterocycles. The van der Waals surface area contributed by atoms with Gasteiger partial charge in [0.25, 0.3) is 0 Å². The van der Waals surface area contributed by atoms with E-state index in [0.717, 1.165) is 13.1 Å². The molecule has 0 aliphatic carbocycles. The Morgan fingerprint density at radius 1 is 1.35 bits per heavy atom. The van der Waals surface area contributed by atoms with E-state index >= 15 is 0 Å². The van der Waals surface area contributed by atoms with E-state index in [4.69, 9.17) is 0 Å². The van der Waals surface area contributed by atoms with Crippen LogP contribution in [0.2, 0.25) is 0 Å². The first-order valence-corrected chi connectivity index (χ1v) is 5.94. The predicted molar refractivity (Wildman–Crippen MR) is 66.5 cm³/mol. The van der Waals surface area contributed by atoms with Crippen LogP contribution in [0, 0.1) is 0 Å². The molecule has 1 heterocycles. The van der Waals surface area contributed by atoms with Crippen molar-refractivity contribution in [3.63, 3.8) is 0 Å². The van der Waals surface area contributed by atoms with Gasteiger partial charge in [-0.2, -0.15) is 0 Å². The minimum absolute atomic E-state index is 0.0150. The summed E-state index contributed by atoms with van der Waals surface area (Å²) < 4.78 is 0. The quantitative estimate of drug-likeness (QED) is 0.694. The van der Waals surface area contributed by atoms with Crippen molar-refractivity contribution in [3.05, 3.63) is 12.7 Å². The molecule has 0 bridgehead atoms. The smallest absolute Gasteiger partial charge is 0.237 e. The maximum absolute atomic E-state index is 11.7. The van der Waals surface area contributed by atoms with Crippen molar-refractivity contribution in [1.82, 2.24) is 15.1 Å². The fourth-order valence-electron chi connectivity index (χ4n) is 1.91. The summed E-state index contributed by atoms with van der Waals surface area (Å²) in [5.74, 6) is 0.120. The third-order valence-corrected chi connectivity index (χ3v) is 3.11. The number of hydrogen-bond donors (Lipinski definition) is 1. The summed E-state index contributed by atoms with van der Waals surface area (Å²) in [7, 11) is 0. The molecule has 17 heavy (non-hydrogen) atoms. The van der Waals surface area contributed by atoms with Gasteiger partial charge in [-0.15, -0.1) is 6.58 Å². The van der Waals surface area contributed by atoms with Gasteiger partial charge in [-0.1, -0.05) is 6.08 Å². The topological polar surface area (TPSA) is 52.7 Å². The number of nitrogens with one attached hydrogen (secondary N) is 1. The minimum atomic E-state index is -0.149. The van der Waals surface area contributed by atoms with E-state index in [-0.39, 0.29) is 17.9 Å². The molecule has 0 aromatic rings. The first-order chi connectivity index (χ1) is 8.06. The summed E-state index contributed by atoms with van der Waals surface area (Å²) in [6, 6.07) is -0.149. The van der Waals surface area contributed by atoms with Crippen LogP contribution in [0.4, 0.5) is 0 Å². The zero-order valence-corrected chi connectivity index (χ0v) is 10.6. The molecule has 96 valence electrons. The lowest BCUT2D eigenvalue weighted by Gasteiger charge is -2.36. The van der Waals surface area contributed by atoms with E-state index in [1.54, 1.807) is 13.0 Å². The van der Waals surface area contributed by atoms with Crippen molar-refractivity contribution < 1.29 is 9.59 Å². The Bertz CT molecular complexity index is 296. The lowest BCUT2D eigenvalue weighted by molar-refractivity contribution is -0.132. The van der Waals surface area contributed by atoms with Crippen LogP contribution in [0.25, 0.3) is 0 Å². The van der Waals surface area contributed by atoms with Crippen LogP contribution >= 0.6 is 0 Å². The second-order valence-electron chi connectivity index (χ2n) is 4.25. The standard InChI is InChI=1S/C12H21N3O2/c1-4-5-13-12(17)10(2)14-6-8-15(9-7-14)11(3)16/h4,10H,1,5-9H2,2-3H3,(H,13,17). The SMILES string of the molecule is C=CCNC(=O)C(C)N1CCN(C(C)=O)CC1. The summed E-state index contributed by atoms with van der Waals surface area (Å²) in [5.41, 5.74) is 0. The number of nitrogens with zero attached hydrogens (tertiary/aromatic N) is 2. The van der Waals surface area contributed by atoms with Crippen molar-refractivity contribution in [1.29, 1.82) is 0 Å². The Morgan fingerprint density at radius 3 is 2.41 bits per heavy atom. The zero-order valence-electron chi connectivity index (χ0n) is 10.6. The number of hydrogen-bond acceptors (Lipinski definition) is 3. The molecule has 5 nitrogen and oxygen atoms in total. The predicted octanol–water partition coefficient (Wildman–Crippen LogP) is -0.159. The van der Waals surface area contributed by atoms with E-state index in [9.17, 15) is 9.59 Å². The molecule has 1 fully saturated rings. The van der Waals surface area contributed by atoms with E-state index in [0.29, 0.717) is 19.6 Å². The van der Waals surface area contributed by atoms with Crippen LogP contribution in [0.3, 0.4) is 0 Å². The third kappa shape index (κ3) is 3.85. The van der Waals surface area contributed by atoms with Crippen molar-refractivity contribution >= 4 is 11.8 Å². The first kappa shape index (κ1) is 13.7. The van der Waals surface area contributed by atoms with Crippen LogP contribution in [0.5, 0.6) is 0 Å². The molecule has 1 unspecified atom stereocenters. The van der Waals surface area contributed by atoms with Crippen molar-refractivity contribution in [2.24, 2.45) is 0 Å². The van der Waals surface area contributed by atoms with Gasteiger partial charge in [-0.05, 0) is 6.92 Å². The Kier molecular flexibility index (Phi) is 5.15. The van der Waals surface area contributed by atoms with Crippen LogP contribution in [0.1, 0.15) is 13.8 Å². The maximum Gasteiger partial charge on any atom is 0.237 e. The lowest BCUT2D eigenvalue weighted by atomic mass is 10.2. The minimum Gasteiger partial charge on any atom is -0.351 e. The molecule has 0 spiro atoms. The normalized spacial score (nSPS) is 18.6. The number of carbonyl (C=O) groups excluding carboxylic acids is 2. The number of piperazine rings is 1. The molecule has 1 atom stereocenters. The molecule has 0 saturated carbocycles. The highest BCUT2D eigenvalue weighted by Crippen LogP contribution is 2.06. The number of rotatable bonds is 4. The molecule has 1 aliphatic rings. The van der Waals surface area contributed by atoms with Gasteiger partial charge in [-0.25, -0.2) is 0 Å². The molecular formula is C12H21N3O2. The summed E-state index contributed by atoms with van der Waals surface area (Å²) in [6.45, 7) is 10.4. The Hall–Kier alpha value is -1.36. The van der Waals surface area contributed by atoms with Gasteiger partial charge in [-0.3, -0.25) is 14.5 Å². The molecule has 0 radical (unpaired) electrons. The highest BCUT2D eigenvalue weighted by atomic mass is 16.2. The lowest BCUT2D eigenvalue weighted by Crippen LogP contribution is -2.54. The summed E-state index contributed by atoms with van der Waals surface area (Å²) >= 11 is 0. The van der Waals surface area contributed by atoms with Crippen LogP contribution in [-0.2, 0) is 9.59 Å². The van der Waals surface area contributed by atoms with Gasteiger partial charge in [0.15, 0.2) is 0 Å². The molecule has 2 amide bonds. The first-order valence-electron chi connectivity index (χ1n) is 5.94. The van der Waals surface area contributed by atoms with Gasteiger partial charge < -0.3 is 10.2 Å². The average Bonchev–Trinajstić information content (AvgIpc) is 2.35. The summed E-state index contributed by atoms with van der Waals surface area (Å²) in [6.07, 6.45) is 1.66. The molecule has 1 rings (SSSR count). The Morgan fingerprint density at radius 2 is 1.94 bits per heavy atom. The third-order valence-electron chi connectivity index (χ3n) is 3.11. The van der Waals surface area contributed by atoms with Crippen LogP contribution in [0.15, 0.2) is 12.7 Å². The Labute approximate surface area is 102 Å². The van der Waals surface area contributed by atoms with E-state index < -0.39 is 0 Å². The summed E-state index contributed by atoms with van der Waals surface area (Å²) in [5, 5.41) is 2.78. The highest BCUT2D eigenvalue weighted by molar-refractivity contribution is 5.81. The van der Waals surface area contributed by atoms with Crippen molar-refractivity contribution in [2.75, 3.05) is 32.7 Å².